The predicted molar refractivity (Wildman–Crippen MR) is 148 cm³/mol. The van der Waals surface area contributed by atoms with Crippen molar-refractivity contribution in [3.63, 3.8) is 0 Å². The molecule has 0 unspecified atom stereocenters. The van der Waals surface area contributed by atoms with Crippen molar-refractivity contribution in [2.24, 2.45) is 4.99 Å². The number of anilines is 2. The zero-order chi connectivity index (χ0) is 28.0. The average Bonchev–Trinajstić information content (AvgIpc) is 3.31. The van der Waals surface area contributed by atoms with Crippen molar-refractivity contribution in [1.82, 2.24) is 10.2 Å². The van der Waals surface area contributed by atoms with E-state index in [4.69, 9.17) is 0 Å². The molecule has 200 valence electrons. The highest BCUT2D eigenvalue weighted by atomic mass is 32.2. The number of nitrogens with zero attached hydrogens (tertiary/aromatic N) is 2. The van der Waals surface area contributed by atoms with E-state index in [9.17, 15) is 17.6 Å². The lowest BCUT2D eigenvalue weighted by Gasteiger charge is -2.18. The second kappa shape index (κ2) is 12.0. The molecule has 0 radical (unpaired) electrons. The smallest absolute Gasteiger partial charge is 0.232 e. The molecule has 0 aliphatic carbocycles. The Hall–Kier alpha value is -4.12. The maximum atomic E-state index is 15.4. The molecule has 3 rings (SSSR count). The molecule has 0 aliphatic heterocycles. The number of H-pyrrole nitrogens is 1. The van der Waals surface area contributed by atoms with E-state index in [1.54, 1.807) is 46.0 Å². The molecule has 0 amide bonds. The second-order valence-electron chi connectivity index (χ2n) is 8.42. The van der Waals surface area contributed by atoms with E-state index >= 15 is 4.39 Å². The van der Waals surface area contributed by atoms with Crippen LogP contribution < -0.4 is 10.0 Å². The summed E-state index contributed by atoms with van der Waals surface area (Å²) in [6, 6.07) is 7.22. The molecule has 3 N–H and O–H groups in total. The van der Waals surface area contributed by atoms with E-state index in [1.165, 1.54) is 12.3 Å². The molecule has 0 spiro atoms. The molecular formula is C27H29F2N5O3S. The first-order chi connectivity index (χ1) is 18.0. The van der Waals surface area contributed by atoms with Gasteiger partial charge >= 0.3 is 0 Å². The maximum absolute atomic E-state index is 15.4. The van der Waals surface area contributed by atoms with E-state index in [0.717, 1.165) is 23.0 Å². The number of aromatic amines is 1. The molecule has 0 bridgehead atoms. The number of allylic oxidation sites excluding steroid dienone is 4. The number of ketones is 1. The first kappa shape index (κ1) is 28.5. The summed E-state index contributed by atoms with van der Waals surface area (Å²) in [6.07, 6.45) is 4.88. The molecule has 38 heavy (non-hydrogen) atoms. The molecule has 8 nitrogen and oxygen atoms in total. The van der Waals surface area contributed by atoms with Gasteiger partial charge in [-0.25, -0.2) is 22.2 Å². The highest BCUT2D eigenvalue weighted by Crippen LogP contribution is 2.31. The molecule has 1 heterocycles. The summed E-state index contributed by atoms with van der Waals surface area (Å²) >= 11 is 0. The number of hydrogen-bond donors (Lipinski definition) is 3. The van der Waals surface area contributed by atoms with Crippen LogP contribution in [0.5, 0.6) is 0 Å². The standard InChI is InChI=1S/C27H29F2N5O3S/c1-6-13-38(36,37)34-21-12-11-20(28)24(25(21)29)26(35)19(7-2)23(16(4)5)27(30-8-3)32-18-10-9-17-15-31-33-22(17)14-18/h7-12,14-15,32,34H,4,6,13H2,1-3,5H3,(H,31,33)/b19-7+,27-23-,30-8?. The van der Waals surface area contributed by atoms with Crippen LogP contribution in [0.25, 0.3) is 10.9 Å². The minimum atomic E-state index is -3.88. The van der Waals surface area contributed by atoms with Crippen LogP contribution in [0, 0.1) is 11.6 Å². The number of aliphatic imine (C=N–C) groups is 1. The van der Waals surface area contributed by atoms with Crippen LogP contribution in [0.4, 0.5) is 20.2 Å². The molecule has 1 aromatic heterocycles. The zero-order valence-corrected chi connectivity index (χ0v) is 22.3. The Bertz CT molecular complexity index is 1590. The van der Waals surface area contributed by atoms with E-state index in [0.29, 0.717) is 17.7 Å². The van der Waals surface area contributed by atoms with Gasteiger partial charge in [0.1, 0.15) is 11.6 Å². The van der Waals surface area contributed by atoms with Gasteiger partial charge < -0.3 is 5.32 Å². The summed E-state index contributed by atoms with van der Waals surface area (Å²) in [5, 5.41) is 10.9. The number of benzene rings is 2. The Morgan fingerprint density at radius 1 is 1.21 bits per heavy atom. The molecule has 0 fully saturated rings. The lowest BCUT2D eigenvalue weighted by molar-refractivity contribution is 0.102. The number of nitrogens with one attached hydrogen (secondary N) is 3. The Labute approximate surface area is 220 Å². The third-order valence-corrected chi connectivity index (χ3v) is 6.96. The van der Waals surface area contributed by atoms with Crippen molar-refractivity contribution in [2.75, 3.05) is 15.8 Å². The quantitative estimate of drug-likeness (QED) is 0.117. The van der Waals surface area contributed by atoms with Crippen LogP contribution in [0.2, 0.25) is 0 Å². The predicted octanol–water partition coefficient (Wildman–Crippen LogP) is 6.11. The van der Waals surface area contributed by atoms with Gasteiger partial charge in [-0.2, -0.15) is 5.10 Å². The van der Waals surface area contributed by atoms with E-state index in [-0.39, 0.29) is 22.7 Å². The fourth-order valence-electron chi connectivity index (χ4n) is 3.85. The first-order valence-corrected chi connectivity index (χ1v) is 13.5. The summed E-state index contributed by atoms with van der Waals surface area (Å²) in [4.78, 5) is 18.0. The van der Waals surface area contributed by atoms with Gasteiger partial charge in [-0.1, -0.05) is 19.6 Å². The minimum absolute atomic E-state index is 0.0698. The van der Waals surface area contributed by atoms with Crippen molar-refractivity contribution in [2.45, 2.75) is 34.1 Å². The third-order valence-electron chi connectivity index (χ3n) is 5.49. The number of fused-ring (bicyclic) bond motifs is 1. The summed E-state index contributed by atoms with van der Waals surface area (Å²) < 4.78 is 56.8. The normalized spacial score (nSPS) is 13.1. The van der Waals surface area contributed by atoms with Gasteiger partial charge in [0.2, 0.25) is 10.0 Å². The maximum Gasteiger partial charge on any atom is 0.232 e. The summed E-state index contributed by atoms with van der Waals surface area (Å²) in [5.74, 6) is -3.48. The number of rotatable bonds is 11. The largest absolute Gasteiger partial charge is 0.340 e. The van der Waals surface area contributed by atoms with Gasteiger partial charge in [0.05, 0.1) is 28.7 Å². The Morgan fingerprint density at radius 2 is 1.95 bits per heavy atom. The van der Waals surface area contributed by atoms with Crippen molar-refractivity contribution < 1.29 is 22.0 Å². The Morgan fingerprint density at radius 3 is 2.58 bits per heavy atom. The number of halogens is 2. The van der Waals surface area contributed by atoms with Crippen LogP contribution in [0.1, 0.15) is 44.5 Å². The van der Waals surface area contributed by atoms with Crippen LogP contribution in [0.3, 0.4) is 0 Å². The number of carbonyl (C=O) groups excluding carboxylic acids is 1. The topological polar surface area (TPSA) is 116 Å². The van der Waals surface area contributed by atoms with Crippen molar-refractivity contribution in [1.29, 1.82) is 0 Å². The summed E-state index contributed by atoms with van der Waals surface area (Å²) in [7, 11) is -3.88. The van der Waals surface area contributed by atoms with Crippen LogP contribution in [-0.2, 0) is 10.0 Å². The average molecular weight is 542 g/mol. The molecule has 11 heteroatoms. The zero-order valence-electron chi connectivity index (χ0n) is 21.5. The third kappa shape index (κ3) is 6.23. The van der Waals surface area contributed by atoms with Crippen molar-refractivity contribution in [3.8, 4) is 0 Å². The highest BCUT2D eigenvalue weighted by Gasteiger charge is 2.28. The Kier molecular flexibility index (Phi) is 8.95. The fraction of sp³-hybridized carbons (Fsp3) is 0.222. The van der Waals surface area contributed by atoms with Crippen LogP contribution in [0.15, 0.2) is 76.7 Å². The van der Waals surface area contributed by atoms with Gasteiger partial charge in [0.15, 0.2) is 11.6 Å². The van der Waals surface area contributed by atoms with Gasteiger partial charge in [-0.15, -0.1) is 0 Å². The molecule has 0 saturated heterocycles. The summed E-state index contributed by atoms with van der Waals surface area (Å²) in [6.45, 7) is 10.5. The minimum Gasteiger partial charge on any atom is -0.340 e. The molecule has 0 aliphatic rings. The second-order valence-corrected chi connectivity index (χ2v) is 10.3. The van der Waals surface area contributed by atoms with Gasteiger partial charge in [0, 0.05) is 28.4 Å². The molecule has 2 aromatic carbocycles. The fourth-order valence-corrected chi connectivity index (χ4v) is 4.98. The van der Waals surface area contributed by atoms with Gasteiger partial charge in [-0.05, 0) is 63.1 Å². The lowest BCUT2D eigenvalue weighted by Crippen LogP contribution is -2.19. The first-order valence-electron chi connectivity index (χ1n) is 11.8. The van der Waals surface area contributed by atoms with Crippen LogP contribution in [-0.4, -0.2) is 36.4 Å². The molecular weight excluding hydrogens is 512 g/mol. The number of sulfonamides is 1. The van der Waals surface area contributed by atoms with Crippen LogP contribution >= 0.6 is 0 Å². The number of Topliss-reactive ketones (excluding diaryl/α,β-unsaturated/α-hetero) is 1. The summed E-state index contributed by atoms with van der Waals surface area (Å²) in [5.41, 5.74) is 0.539. The van der Waals surface area contributed by atoms with Crippen molar-refractivity contribution in [3.05, 3.63) is 88.9 Å². The van der Waals surface area contributed by atoms with Crippen molar-refractivity contribution >= 4 is 44.3 Å². The van der Waals surface area contributed by atoms with E-state index < -0.39 is 38.7 Å². The van der Waals surface area contributed by atoms with Gasteiger partial charge in [0.25, 0.3) is 0 Å². The molecule has 0 atom stereocenters. The van der Waals surface area contributed by atoms with E-state index in [1.807, 2.05) is 6.07 Å². The number of carbonyl (C=O) groups is 1. The SMILES string of the molecule is C=C(C)C(/C(=C\C)C(=O)c1c(F)ccc(NS(=O)(=O)CCC)c1F)=C(\N=CC)Nc1ccc2cn[nH]c2c1. The van der Waals surface area contributed by atoms with E-state index in [2.05, 4.69) is 31.8 Å². The molecule has 0 saturated carbocycles. The van der Waals surface area contributed by atoms with Gasteiger partial charge in [-0.3, -0.25) is 14.6 Å². The monoisotopic (exact) mass is 541 g/mol. The lowest BCUT2D eigenvalue weighted by atomic mass is 9.91. The number of aromatic nitrogens is 2. The molecule has 3 aromatic rings. The Balaban J connectivity index is 2.12. The number of hydrogen-bond acceptors (Lipinski definition) is 6. The highest BCUT2D eigenvalue weighted by molar-refractivity contribution is 7.92.